The molecule has 0 aliphatic rings. The highest BCUT2D eigenvalue weighted by Crippen LogP contribution is 2.30. The largest absolute Gasteiger partial charge is 0.399 e. The first-order valence-corrected chi connectivity index (χ1v) is 5.86. The van der Waals surface area contributed by atoms with Gasteiger partial charge in [0.1, 0.15) is 6.33 Å². The van der Waals surface area contributed by atoms with Gasteiger partial charge in [-0.25, -0.2) is 9.50 Å². The van der Waals surface area contributed by atoms with Crippen LogP contribution in [0.1, 0.15) is 5.56 Å². The summed E-state index contributed by atoms with van der Waals surface area (Å²) >= 11 is 6.21. The predicted molar refractivity (Wildman–Crippen MR) is 72.6 cm³/mol. The number of pyridine rings is 1. The van der Waals surface area contributed by atoms with E-state index in [1.54, 1.807) is 34.8 Å². The van der Waals surface area contributed by atoms with Gasteiger partial charge in [-0.15, -0.1) is 0 Å². The molecule has 0 spiro atoms. The van der Waals surface area contributed by atoms with Crippen molar-refractivity contribution in [1.29, 1.82) is 5.26 Å². The third kappa shape index (κ3) is 1.88. The van der Waals surface area contributed by atoms with Gasteiger partial charge in [0.05, 0.1) is 22.3 Å². The van der Waals surface area contributed by atoms with E-state index in [-0.39, 0.29) is 0 Å². The highest BCUT2D eigenvalue weighted by molar-refractivity contribution is 6.33. The molecule has 3 rings (SSSR count). The van der Waals surface area contributed by atoms with Gasteiger partial charge in [0.15, 0.2) is 5.65 Å². The summed E-state index contributed by atoms with van der Waals surface area (Å²) in [5.74, 6) is 0. The van der Waals surface area contributed by atoms with Gasteiger partial charge < -0.3 is 5.73 Å². The van der Waals surface area contributed by atoms with Crippen LogP contribution in [0.5, 0.6) is 0 Å². The van der Waals surface area contributed by atoms with Crippen LogP contribution in [0.15, 0.2) is 36.7 Å². The Balaban J connectivity index is 2.30. The van der Waals surface area contributed by atoms with Crippen LogP contribution in [0.4, 0.5) is 5.69 Å². The zero-order valence-electron chi connectivity index (χ0n) is 9.71. The zero-order chi connectivity index (χ0) is 13.4. The van der Waals surface area contributed by atoms with Crippen LogP contribution < -0.4 is 5.73 Å². The van der Waals surface area contributed by atoms with Crippen molar-refractivity contribution in [1.82, 2.24) is 14.6 Å². The van der Waals surface area contributed by atoms with Gasteiger partial charge in [-0.2, -0.15) is 10.4 Å². The molecule has 0 bridgehead atoms. The molecule has 0 radical (unpaired) electrons. The lowest BCUT2D eigenvalue weighted by Crippen LogP contribution is -1.97. The van der Waals surface area contributed by atoms with E-state index >= 15 is 0 Å². The molecular weight excluding hydrogens is 262 g/mol. The van der Waals surface area contributed by atoms with E-state index in [2.05, 4.69) is 10.1 Å². The smallest absolute Gasteiger partial charge is 0.158 e. The Kier molecular flexibility index (Phi) is 2.58. The topological polar surface area (TPSA) is 80.0 Å². The molecule has 0 saturated heterocycles. The summed E-state index contributed by atoms with van der Waals surface area (Å²) < 4.78 is 1.66. The molecule has 92 valence electrons. The van der Waals surface area contributed by atoms with Crippen LogP contribution in [-0.4, -0.2) is 14.6 Å². The Morgan fingerprint density at radius 2 is 2.11 bits per heavy atom. The lowest BCUT2D eigenvalue weighted by molar-refractivity contribution is 0.970. The normalized spacial score (nSPS) is 10.5. The molecule has 5 nitrogen and oxygen atoms in total. The summed E-state index contributed by atoms with van der Waals surface area (Å²) in [7, 11) is 0. The Morgan fingerprint density at radius 3 is 2.84 bits per heavy atom. The summed E-state index contributed by atoms with van der Waals surface area (Å²) in [5.41, 5.74) is 9.08. The van der Waals surface area contributed by atoms with E-state index in [1.807, 2.05) is 6.07 Å². The van der Waals surface area contributed by atoms with Crippen molar-refractivity contribution >= 4 is 22.9 Å². The molecule has 6 heteroatoms. The molecule has 0 saturated carbocycles. The average molecular weight is 270 g/mol. The third-order valence-corrected chi connectivity index (χ3v) is 3.09. The van der Waals surface area contributed by atoms with Crippen molar-refractivity contribution in [2.45, 2.75) is 0 Å². The van der Waals surface area contributed by atoms with E-state index in [0.717, 1.165) is 11.3 Å². The highest BCUT2D eigenvalue weighted by Gasteiger charge is 2.11. The Bertz CT molecular complexity index is 816. The van der Waals surface area contributed by atoms with Crippen molar-refractivity contribution in [3.05, 3.63) is 47.2 Å². The van der Waals surface area contributed by atoms with Crippen LogP contribution in [0.2, 0.25) is 5.02 Å². The molecule has 0 unspecified atom stereocenters. The first-order chi connectivity index (χ1) is 9.19. The number of halogens is 1. The number of fused-ring (bicyclic) bond motifs is 1. The molecule has 0 amide bonds. The van der Waals surface area contributed by atoms with Gasteiger partial charge in [0.25, 0.3) is 0 Å². The van der Waals surface area contributed by atoms with Crippen molar-refractivity contribution in [2.24, 2.45) is 0 Å². The van der Waals surface area contributed by atoms with Crippen LogP contribution in [0.25, 0.3) is 16.9 Å². The number of anilines is 1. The average Bonchev–Trinajstić information content (AvgIpc) is 2.85. The first-order valence-electron chi connectivity index (χ1n) is 5.48. The number of nitrogens with zero attached hydrogens (tertiary/aromatic N) is 4. The molecule has 3 aromatic rings. The molecule has 2 heterocycles. The van der Waals surface area contributed by atoms with Crippen LogP contribution in [-0.2, 0) is 0 Å². The molecule has 1 aromatic carbocycles. The second-order valence-corrected chi connectivity index (χ2v) is 4.42. The lowest BCUT2D eigenvalue weighted by Gasteiger charge is -2.08. The molecule has 0 aliphatic heterocycles. The fraction of sp³-hybridized carbons (Fsp3) is 0. The highest BCUT2D eigenvalue weighted by atomic mass is 35.5. The van der Waals surface area contributed by atoms with Gasteiger partial charge in [-0.05, 0) is 24.3 Å². The van der Waals surface area contributed by atoms with Crippen LogP contribution in [0, 0.1) is 11.3 Å². The lowest BCUT2D eigenvalue weighted by atomic mass is 10.1. The minimum absolute atomic E-state index is 0.474. The van der Waals surface area contributed by atoms with Gasteiger partial charge in [-0.3, -0.25) is 0 Å². The van der Waals surface area contributed by atoms with Gasteiger partial charge in [-0.1, -0.05) is 11.6 Å². The number of nitriles is 1. The minimum Gasteiger partial charge on any atom is -0.399 e. The Hall–Kier alpha value is -2.58. The molecule has 19 heavy (non-hydrogen) atoms. The molecule has 0 atom stereocenters. The first kappa shape index (κ1) is 11.5. The SMILES string of the molecule is N#Cc1ccc(-c2cc(N)cc3ncnn23)c(Cl)c1. The fourth-order valence-electron chi connectivity index (χ4n) is 1.93. The molecule has 0 aliphatic carbocycles. The number of aromatic nitrogens is 3. The summed E-state index contributed by atoms with van der Waals surface area (Å²) in [5, 5.41) is 13.5. The second-order valence-electron chi connectivity index (χ2n) is 4.01. The quantitative estimate of drug-likeness (QED) is 0.736. The summed E-state index contributed by atoms with van der Waals surface area (Å²) in [6.07, 6.45) is 1.45. The van der Waals surface area contributed by atoms with Crippen molar-refractivity contribution in [3.8, 4) is 17.3 Å². The minimum atomic E-state index is 0.474. The second kappa shape index (κ2) is 4.26. The maximum absolute atomic E-state index is 8.85. The van der Waals surface area contributed by atoms with Crippen LogP contribution >= 0.6 is 11.6 Å². The van der Waals surface area contributed by atoms with Crippen LogP contribution in [0.3, 0.4) is 0 Å². The monoisotopic (exact) mass is 269 g/mol. The molecule has 0 fully saturated rings. The number of hydrogen-bond acceptors (Lipinski definition) is 4. The van der Waals surface area contributed by atoms with Crippen molar-refractivity contribution in [2.75, 3.05) is 5.73 Å². The summed E-state index contributed by atoms with van der Waals surface area (Å²) in [4.78, 5) is 4.11. The van der Waals surface area contributed by atoms with E-state index in [4.69, 9.17) is 22.6 Å². The van der Waals surface area contributed by atoms with E-state index < -0.39 is 0 Å². The Labute approximate surface area is 113 Å². The summed E-state index contributed by atoms with van der Waals surface area (Å²) in [6.45, 7) is 0. The fourth-order valence-corrected chi connectivity index (χ4v) is 2.21. The van der Waals surface area contributed by atoms with E-state index in [9.17, 15) is 0 Å². The molecule has 2 N–H and O–H groups in total. The van der Waals surface area contributed by atoms with Crippen molar-refractivity contribution in [3.63, 3.8) is 0 Å². The number of benzene rings is 1. The summed E-state index contributed by atoms with van der Waals surface area (Å²) in [6, 6.07) is 10.6. The number of hydrogen-bond donors (Lipinski definition) is 1. The zero-order valence-corrected chi connectivity index (χ0v) is 10.5. The van der Waals surface area contributed by atoms with Gasteiger partial charge >= 0.3 is 0 Å². The third-order valence-electron chi connectivity index (χ3n) is 2.78. The molecular formula is C13H8ClN5. The Morgan fingerprint density at radius 1 is 1.26 bits per heavy atom. The standard InChI is InChI=1S/C13H8ClN5/c14-11-3-8(6-15)1-2-10(11)12-4-9(16)5-13-17-7-18-19(12)13/h1-5,7H,16H2. The van der Waals surface area contributed by atoms with E-state index in [0.29, 0.717) is 21.9 Å². The van der Waals surface area contributed by atoms with Crippen molar-refractivity contribution < 1.29 is 0 Å². The maximum Gasteiger partial charge on any atom is 0.158 e. The molecule has 2 aromatic heterocycles. The van der Waals surface area contributed by atoms with Gasteiger partial charge in [0.2, 0.25) is 0 Å². The predicted octanol–water partition coefficient (Wildman–Crippen LogP) is 2.50. The van der Waals surface area contributed by atoms with Gasteiger partial charge in [0, 0.05) is 17.3 Å². The number of nitrogens with two attached hydrogens (primary N) is 1. The van der Waals surface area contributed by atoms with E-state index in [1.165, 1.54) is 6.33 Å². The maximum atomic E-state index is 8.85. The number of rotatable bonds is 1. The number of nitrogen functional groups attached to an aromatic ring is 1.